The summed E-state index contributed by atoms with van der Waals surface area (Å²) in [5.41, 5.74) is 2.04. The van der Waals surface area contributed by atoms with Gasteiger partial charge < -0.3 is 19.8 Å². The Hall–Kier alpha value is -4.02. The number of benzene rings is 1. The number of piperazine rings is 1. The van der Waals surface area contributed by atoms with Crippen LogP contribution in [0.4, 0.5) is 5.82 Å². The third kappa shape index (κ3) is 5.00. The molecule has 0 saturated carbocycles. The number of hydrogen-bond donors (Lipinski definition) is 2. The number of imidazole rings is 1. The van der Waals surface area contributed by atoms with Crippen LogP contribution in [0, 0.1) is 6.92 Å². The van der Waals surface area contributed by atoms with Gasteiger partial charge in [0.25, 0.3) is 5.56 Å². The van der Waals surface area contributed by atoms with E-state index in [4.69, 9.17) is 11.6 Å². The Morgan fingerprint density at radius 3 is 2.25 bits per heavy atom. The van der Waals surface area contributed by atoms with Crippen LogP contribution in [0.1, 0.15) is 26.5 Å². The van der Waals surface area contributed by atoms with Gasteiger partial charge in [0.2, 0.25) is 0 Å². The van der Waals surface area contributed by atoms with Crippen LogP contribution < -0.4 is 16.1 Å². The first-order chi connectivity index (χ1) is 18.8. The van der Waals surface area contributed by atoms with Crippen molar-refractivity contribution in [2.45, 2.75) is 33.2 Å². The molecule has 4 aromatic rings. The van der Waals surface area contributed by atoms with Gasteiger partial charge in [0, 0.05) is 74.0 Å². The average molecular weight is 565 g/mol. The van der Waals surface area contributed by atoms with Crippen molar-refractivity contribution in [1.82, 2.24) is 23.7 Å². The summed E-state index contributed by atoms with van der Waals surface area (Å²) < 4.78 is 3.55. The van der Waals surface area contributed by atoms with Crippen molar-refractivity contribution in [2.75, 3.05) is 31.1 Å². The first-order valence-corrected chi connectivity index (χ1v) is 13.4. The molecule has 1 aromatic carbocycles. The van der Waals surface area contributed by atoms with E-state index in [2.05, 4.69) is 30.7 Å². The Morgan fingerprint density at radius 2 is 1.65 bits per heavy atom. The van der Waals surface area contributed by atoms with Crippen molar-refractivity contribution in [3.63, 3.8) is 0 Å². The van der Waals surface area contributed by atoms with Crippen molar-refractivity contribution in [2.24, 2.45) is 7.05 Å². The Labute approximate surface area is 236 Å². The molecule has 3 aromatic heterocycles. The van der Waals surface area contributed by atoms with E-state index in [0.717, 1.165) is 13.1 Å². The molecule has 10 nitrogen and oxygen atoms in total. The second-order valence-corrected chi connectivity index (χ2v) is 11.5. The smallest absolute Gasteiger partial charge is 0.332 e. The first-order valence-electron chi connectivity index (χ1n) is 13.1. The van der Waals surface area contributed by atoms with Crippen LogP contribution in [0.5, 0.6) is 5.75 Å². The molecule has 210 valence electrons. The first kappa shape index (κ1) is 27.5. The van der Waals surface area contributed by atoms with Gasteiger partial charge in [0.15, 0.2) is 0 Å². The Morgan fingerprint density at radius 1 is 0.950 bits per heavy atom. The summed E-state index contributed by atoms with van der Waals surface area (Å²) in [5, 5.41) is 22.3. The number of hydrogen-bond acceptors (Lipinski definition) is 7. The van der Waals surface area contributed by atoms with E-state index < -0.39 is 5.56 Å². The van der Waals surface area contributed by atoms with Crippen LogP contribution in [0.2, 0.25) is 5.02 Å². The molecule has 2 N–H and O–H groups in total. The van der Waals surface area contributed by atoms with Gasteiger partial charge in [-0.25, -0.2) is 9.78 Å². The van der Waals surface area contributed by atoms with E-state index in [9.17, 15) is 19.9 Å². The lowest BCUT2D eigenvalue weighted by Crippen LogP contribution is -2.54. The minimum atomic E-state index is -0.615. The highest BCUT2D eigenvalue weighted by atomic mass is 35.5. The normalized spacial score (nSPS) is 14.6. The number of halogens is 1. The zero-order valence-electron chi connectivity index (χ0n) is 23.2. The minimum Gasteiger partial charge on any atom is -0.505 e. The van der Waals surface area contributed by atoms with Crippen LogP contribution in [-0.2, 0) is 7.05 Å². The molecule has 1 aliphatic rings. The zero-order chi connectivity index (χ0) is 28.9. The monoisotopic (exact) mass is 564 g/mol. The van der Waals surface area contributed by atoms with Gasteiger partial charge in [-0.05, 0) is 57.5 Å². The highest BCUT2D eigenvalue weighted by molar-refractivity contribution is 6.32. The number of aromatic nitrogens is 4. The topological polar surface area (TPSA) is 109 Å². The van der Waals surface area contributed by atoms with Gasteiger partial charge in [0.05, 0.1) is 10.7 Å². The molecule has 0 amide bonds. The molecule has 0 unspecified atom stereocenters. The third-order valence-electron chi connectivity index (χ3n) is 7.40. The standard InChI is InChI=1S/C29H33ClN6O4/c1-18-14-21(19-6-7-23(22(30)15-19)35-13-8-32(5)28(35)39)27(38)26(31-18)20-16-24(36(40)25(37)17-20)33-9-11-34(12-10-33)29(2,3)4/h6-8,13-17,38,40H,9-12H2,1-5H3. The number of pyridine rings is 2. The maximum Gasteiger partial charge on any atom is 0.332 e. The van der Waals surface area contributed by atoms with Gasteiger partial charge in [-0.15, -0.1) is 4.73 Å². The van der Waals surface area contributed by atoms with Crippen molar-refractivity contribution in [3.8, 4) is 33.8 Å². The number of aromatic hydroxyl groups is 1. The van der Waals surface area contributed by atoms with Crippen molar-refractivity contribution in [1.29, 1.82) is 0 Å². The lowest BCUT2D eigenvalue weighted by Gasteiger charge is -2.42. The fourth-order valence-corrected chi connectivity index (χ4v) is 5.39. The molecule has 1 aliphatic heterocycles. The highest BCUT2D eigenvalue weighted by Gasteiger charge is 2.28. The molecule has 0 aliphatic carbocycles. The fourth-order valence-electron chi connectivity index (χ4n) is 5.12. The molecule has 4 heterocycles. The van der Waals surface area contributed by atoms with Crippen molar-refractivity contribution < 1.29 is 10.3 Å². The summed E-state index contributed by atoms with van der Waals surface area (Å²) in [6, 6.07) is 9.84. The second-order valence-electron chi connectivity index (χ2n) is 11.1. The van der Waals surface area contributed by atoms with Gasteiger partial charge >= 0.3 is 5.69 Å². The summed E-state index contributed by atoms with van der Waals surface area (Å²) in [6.07, 6.45) is 3.29. The van der Waals surface area contributed by atoms with Crippen LogP contribution >= 0.6 is 11.6 Å². The van der Waals surface area contributed by atoms with Gasteiger partial charge in [-0.2, -0.15) is 0 Å². The van der Waals surface area contributed by atoms with Gasteiger partial charge in [0.1, 0.15) is 17.3 Å². The van der Waals surface area contributed by atoms with E-state index >= 15 is 0 Å². The van der Waals surface area contributed by atoms with E-state index in [0.29, 0.717) is 56.7 Å². The lowest BCUT2D eigenvalue weighted by atomic mass is 10.0. The summed E-state index contributed by atoms with van der Waals surface area (Å²) in [7, 11) is 1.66. The average Bonchev–Trinajstić information content (AvgIpc) is 3.24. The van der Waals surface area contributed by atoms with Crippen LogP contribution in [-0.4, -0.2) is 65.8 Å². The molecule has 0 atom stereocenters. The van der Waals surface area contributed by atoms with Gasteiger partial charge in [-0.1, -0.05) is 17.7 Å². The number of nitrogens with zero attached hydrogens (tertiary/aromatic N) is 6. The van der Waals surface area contributed by atoms with Gasteiger partial charge in [-0.3, -0.25) is 14.3 Å². The molecule has 1 fully saturated rings. The quantitative estimate of drug-likeness (QED) is 0.362. The van der Waals surface area contributed by atoms with E-state index in [1.165, 1.54) is 15.2 Å². The zero-order valence-corrected chi connectivity index (χ0v) is 24.0. The predicted molar refractivity (Wildman–Crippen MR) is 156 cm³/mol. The molecular formula is C29H33ClN6O4. The van der Waals surface area contributed by atoms with E-state index in [1.54, 1.807) is 56.7 Å². The molecule has 11 heteroatoms. The van der Waals surface area contributed by atoms with Crippen molar-refractivity contribution in [3.05, 3.63) is 80.3 Å². The fraction of sp³-hybridized carbons (Fsp3) is 0.345. The Kier molecular flexibility index (Phi) is 7.01. The molecule has 5 rings (SSSR count). The highest BCUT2D eigenvalue weighted by Crippen LogP contribution is 2.39. The molecule has 1 saturated heterocycles. The second kappa shape index (κ2) is 10.2. The van der Waals surface area contributed by atoms with Crippen molar-refractivity contribution >= 4 is 17.4 Å². The predicted octanol–water partition coefficient (Wildman–Crippen LogP) is 3.89. The molecular weight excluding hydrogens is 532 g/mol. The summed E-state index contributed by atoms with van der Waals surface area (Å²) >= 11 is 6.58. The number of aryl methyl sites for hydroxylation is 2. The van der Waals surface area contributed by atoms with Crippen LogP contribution in [0.15, 0.2) is 58.4 Å². The molecule has 40 heavy (non-hydrogen) atoms. The Bertz CT molecular complexity index is 1710. The molecule has 0 bridgehead atoms. The maximum absolute atomic E-state index is 12.8. The largest absolute Gasteiger partial charge is 0.505 e. The Balaban J connectivity index is 1.53. The molecule has 0 spiro atoms. The van der Waals surface area contributed by atoms with E-state index in [-0.39, 0.29) is 22.7 Å². The van der Waals surface area contributed by atoms with Crippen LogP contribution in [0.3, 0.4) is 0 Å². The van der Waals surface area contributed by atoms with E-state index in [1.807, 2.05) is 4.90 Å². The lowest BCUT2D eigenvalue weighted by molar-refractivity contribution is 0.124. The van der Waals surface area contributed by atoms with Crippen LogP contribution in [0.25, 0.3) is 28.1 Å². The maximum atomic E-state index is 12.8. The number of anilines is 1. The number of rotatable bonds is 4. The summed E-state index contributed by atoms with van der Waals surface area (Å²) in [6.45, 7) is 11.1. The summed E-state index contributed by atoms with van der Waals surface area (Å²) in [4.78, 5) is 34.1. The SMILES string of the molecule is Cc1cc(-c2ccc(-n3ccn(C)c3=O)c(Cl)c2)c(O)c(-c2cc(N3CCN(C(C)(C)C)CC3)n(O)c(=O)c2)n1. The third-order valence-corrected chi connectivity index (χ3v) is 7.70. The molecule has 0 radical (unpaired) electrons. The minimum absolute atomic E-state index is 0.0264. The summed E-state index contributed by atoms with van der Waals surface area (Å²) in [5.74, 6) is 0.228.